The third-order valence-electron chi connectivity index (χ3n) is 3.21. The van der Waals surface area contributed by atoms with Crippen LogP contribution in [0.2, 0.25) is 5.02 Å². The van der Waals surface area contributed by atoms with Crippen LogP contribution >= 0.6 is 27.5 Å². The van der Waals surface area contributed by atoms with Gasteiger partial charge in [0.15, 0.2) is 6.61 Å². The molecular weight excluding hydrogens is 366 g/mol. The highest BCUT2D eigenvalue weighted by atomic mass is 79.9. The molecule has 3 nitrogen and oxygen atoms in total. The zero-order valence-electron chi connectivity index (χ0n) is 12.5. The Labute approximate surface area is 143 Å². The Morgan fingerprint density at radius 3 is 2.68 bits per heavy atom. The molecule has 0 bridgehead atoms. The van der Waals surface area contributed by atoms with Crippen LogP contribution in [0.15, 0.2) is 40.9 Å². The standard InChI is InChI=1S/C17H17BrClNO2/c1-3-12-4-6-15(14(18)9-12)20-17(21)10-22-16-7-5-13(19)8-11(16)2/h4-9H,3,10H2,1-2H3,(H,20,21). The molecule has 1 N–H and O–H groups in total. The summed E-state index contributed by atoms with van der Waals surface area (Å²) in [4.78, 5) is 12.0. The predicted molar refractivity (Wildman–Crippen MR) is 93.8 cm³/mol. The number of carbonyl (C=O) groups is 1. The number of hydrogen-bond acceptors (Lipinski definition) is 2. The zero-order chi connectivity index (χ0) is 16.1. The minimum atomic E-state index is -0.209. The summed E-state index contributed by atoms with van der Waals surface area (Å²) in [5.41, 5.74) is 2.84. The van der Waals surface area contributed by atoms with Crippen molar-refractivity contribution < 1.29 is 9.53 Å². The molecule has 0 fully saturated rings. The number of nitrogens with one attached hydrogen (secondary N) is 1. The first-order valence-corrected chi connectivity index (χ1v) is 8.14. The molecule has 2 aromatic carbocycles. The van der Waals surface area contributed by atoms with Crippen LogP contribution in [0.25, 0.3) is 0 Å². The minimum Gasteiger partial charge on any atom is -0.483 e. The number of benzene rings is 2. The molecule has 0 saturated heterocycles. The van der Waals surface area contributed by atoms with Crippen LogP contribution in [0.3, 0.4) is 0 Å². The number of anilines is 1. The van der Waals surface area contributed by atoms with Crippen LogP contribution in [-0.2, 0) is 11.2 Å². The Bertz CT molecular complexity index is 688. The summed E-state index contributed by atoms with van der Waals surface area (Å²) in [6.45, 7) is 3.92. The van der Waals surface area contributed by atoms with E-state index in [1.807, 2.05) is 25.1 Å². The van der Waals surface area contributed by atoms with E-state index in [1.165, 1.54) is 5.56 Å². The molecule has 0 aliphatic carbocycles. The molecule has 2 aromatic rings. The molecule has 0 spiro atoms. The maximum Gasteiger partial charge on any atom is 0.262 e. The Hall–Kier alpha value is -1.52. The summed E-state index contributed by atoms with van der Waals surface area (Å²) in [5.74, 6) is 0.444. The van der Waals surface area contributed by atoms with Crippen molar-refractivity contribution in [3.8, 4) is 5.75 Å². The Balaban J connectivity index is 1.95. The van der Waals surface area contributed by atoms with Gasteiger partial charge in [0.05, 0.1) is 5.69 Å². The lowest BCUT2D eigenvalue weighted by molar-refractivity contribution is -0.118. The van der Waals surface area contributed by atoms with E-state index < -0.39 is 0 Å². The molecule has 0 unspecified atom stereocenters. The van der Waals surface area contributed by atoms with Crippen LogP contribution in [0.5, 0.6) is 5.75 Å². The van der Waals surface area contributed by atoms with Crippen LogP contribution in [-0.4, -0.2) is 12.5 Å². The van der Waals surface area contributed by atoms with Crippen molar-refractivity contribution in [1.82, 2.24) is 0 Å². The highest BCUT2D eigenvalue weighted by molar-refractivity contribution is 9.10. The highest BCUT2D eigenvalue weighted by Gasteiger charge is 2.08. The molecule has 0 heterocycles. The fourth-order valence-corrected chi connectivity index (χ4v) is 2.74. The summed E-state index contributed by atoms with van der Waals surface area (Å²) in [5, 5.41) is 3.47. The number of aryl methyl sites for hydroxylation is 2. The molecule has 116 valence electrons. The molecular formula is C17H17BrClNO2. The maximum atomic E-state index is 12.0. The smallest absolute Gasteiger partial charge is 0.262 e. The van der Waals surface area contributed by atoms with Crippen molar-refractivity contribution in [2.75, 3.05) is 11.9 Å². The summed E-state index contributed by atoms with van der Waals surface area (Å²) in [7, 11) is 0. The van der Waals surface area contributed by atoms with Gasteiger partial charge in [-0.3, -0.25) is 4.79 Å². The molecule has 0 saturated carbocycles. The SMILES string of the molecule is CCc1ccc(NC(=O)COc2ccc(Cl)cc2C)c(Br)c1. The maximum absolute atomic E-state index is 12.0. The van der Waals surface area contributed by atoms with Crippen LogP contribution in [0.1, 0.15) is 18.1 Å². The van der Waals surface area contributed by atoms with E-state index in [-0.39, 0.29) is 12.5 Å². The Morgan fingerprint density at radius 2 is 2.05 bits per heavy atom. The highest BCUT2D eigenvalue weighted by Crippen LogP contribution is 2.24. The number of amides is 1. The van der Waals surface area contributed by atoms with E-state index in [2.05, 4.69) is 28.2 Å². The first-order chi connectivity index (χ1) is 10.5. The molecule has 0 aliphatic rings. The molecule has 0 aromatic heterocycles. The zero-order valence-corrected chi connectivity index (χ0v) is 14.8. The summed E-state index contributed by atoms with van der Waals surface area (Å²) in [6, 6.07) is 11.2. The van der Waals surface area contributed by atoms with Crippen molar-refractivity contribution in [2.24, 2.45) is 0 Å². The summed E-state index contributed by atoms with van der Waals surface area (Å²) < 4.78 is 6.39. The van der Waals surface area contributed by atoms with Gasteiger partial charge in [-0.05, 0) is 70.7 Å². The van der Waals surface area contributed by atoms with E-state index >= 15 is 0 Å². The second kappa shape index (κ2) is 7.65. The van der Waals surface area contributed by atoms with Crippen LogP contribution < -0.4 is 10.1 Å². The molecule has 0 atom stereocenters. The van der Waals surface area contributed by atoms with E-state index in [4.69, 9.17) is 16.3 Å². The molecule has 1 amide bonds. The van der Waals surface area contributed by atoms with Gasteiger partial charge in [0.2, 0.25) is 0 Å². The Kier molecular flexibility index (Phi) is 5.86. The summed E-state index contributed by atoms with van der Waals surface area (Å²) >= 11 is 9.35. The second-order valence-electron chi connectivity index (χ2n) is 4.91. The van der Waals surface area contributed by atoms with Gasteiger partial charge in [0, 0.05) is 9.50 Å². The van der Waals surface area contributed by atoms with Gasteiger partial charge in [-0.25, -0.2) is 0 Å². The lowest BCUT2D eigenvalue weighted by atomic mass is 10.1. The largest absolute Gasteiger partial charge is 0.483 e. The molecule has 0 aliphatic heterocycles. The third kappa shape index (κ3) is 4.49. The number of rotatable bonds is 5. The topological polar surface area (TPSA) is 38.3 Å². The number of hydrogen-bond donors (Lipinski definition) is 1. The normalized spacial score (nSPS) is 10.4. The lowest BCUT2D eigenvalue weighted by Gasteiger charge is -2.11. The van der Waals surface area contributed by atoms with Gasteiger partial charge >= 0.3 is 0 Å². The monoisotopic (exact) mass is 381 g/mol. The van der Waals surface area contributed by atoms with Crippen molar-refractivity contribution in [2.45, 2.75) is 20.3 Å². The van der Waals surface area contributed by atoms with Crippen molar-refractivity contribution >= 4 is 39.1 Å². The quantitative estimate of drug-likeness (QED) is 0.791. The van der Waals surface area contributed by atoms with Crippen LogP contribution in [0, 0.1) is 6.92 Å². The predicted octanol–water partition coefficient (Wildman–Crippen LogP) is 4.99. The molecule has 2 rings (SSSR count). The van der Waals surface area contributed by atoms with Crippen molar-refractivity contribution in [3.63, 3.8) is 0 Å². The number of ether oxygens (including phenoxy) is 1. The van der Waals surface area contributed by atoms with E-state index in [0.717, 1.165) is 22.1 Å². The Morgan fingerprint density at radius 1 is 1.27 bits per heavy atom. The third-order valence-corrected chi connectivity index (χ3v) is 4.10. The van der Waals surface area contributed by atoms with Gasteiger partial charge < -0.3 is 10.1 Å². The fraction of sp³-hybridized carbons (Fsp3) is 0.235. The van der Waals surface area contributed by atoms with Crippen molar-refractivity contribution in [1.29, 1.82) is 0 Å². The van der Waals surface area contributed by atoms with Gasteiger partial charge in [-0.15, -0.1) is 0 Å². The average Bonchev–Trinajstić information content (AvgIpc) is 2.48. The number of carbonyl (C=O) groups excluding carboxylic acids is 1. The van der Waals surface area contributed by atoms with E-state index in [0.29, 0.717) is 10.8 Å². The van der Waals surface area contributed by atoms with Crippen molar-refractivity contribution in [3.05, 3.63) is 57.0 Å². The molecule has 5 heteroatoms. The molecule has 22 heavy (non-hydrogen) atoms. The lowest BCUT2D eigenvalue weighted by Crippen LogP contribution is -2.20. The first-order valence-electron chi connectivity index (χ1n) is 6.97. The van der Waals surface area contributed by atoms with Gasteiger partial charge in [0.1, 0.15) is 5.75 Å². The minimum absolute atomic E-state index is 0.0511. The summed E-state index contributed by atoms with van der Waals surface area (Å²) in [6.07, 6.45) is 0.950. The van der Waals surface area contributed by atoms with E-state index in [1.54, 1.807) is 18.2 Å². The average molecular weight is 383 g/mol. The van der Waals surface area contributed by atoms with E-state index in [9.17, 15) is 4.79 Å². The van der Waals surface area contributed by atoms with Gasteiger partial charge in [0.25, 0.3) is 5.91 Å². The number of halogens is 2. The van der Waals surface area contributed by atoms with Gasteiger partial charge in [-0.1, -0.05) is 24.6 Å². The second-order valence-corrected chi connectivity index (χ2v) is 6.21. The molecule has 0 radical (unpaired) electrons. The fourth-order valence-electron chi connectivity index (χ4n) is 1.98. The first kappa shape index (κ1) is 16.8. The van der Waals surface area contributed by atoms with Gasteiger partial charge in [-0.2, -0.15) is 0 Å². The van der Waals surface area contributed by atoms with Crippen LogP contribution in [0.4, 0.5) is 5.69 Å².